The average Bonchev–Trinajstić information content (AvgIpc) is 3.39. The molecule has 2 atom stereocenters. The maximum Gasteiger partial charge on any atom is 0.305 e. The molecule has 0 bridgehead atoms. The van der Waals surface area contributed by atoms with Gasteiger partial charge in [0.1, 0.15) is 5.15 Å². The molecule has 0 spiro atoms. The lowest BCUT2D eigenvalue weighted by Crippen LogP contribution is -2.54. The molecule has 2 N–H and O–H groups in total. The van der Waals surface area contributed by atoms with E-state index < -0.39 is 47.2 Å². The Kier molecular flexibility index (Phi) is 9.06. The van der Waals surface area contributed by atoms with E-state index in [1.807, 2.05) is 0 Å². The number of nitro groups is 1. The molecule has 3 amide bonds. The van der Waals surface area contributed by atoms with Crippen molar-refractivity contribution in [3.8, 4) is 0 Å². The molecule has 2 heterocycles. The van der Waals surface area contributed by atoms with Crippen molar-refractivity contribution in [2.24, 2.45) is 0 Å². The van der Waals surface area contributed by atoms with Gasteiger partial charge in [0.05, 0.1) is 33.0 Å². The molecule has 0 aliphatic carbocycles. The van der Waals surface area contributed by atoms with Gasteiger partial charge >= 0.3 is 5.97 Å². The number of carboxylic acids is 1. The molecule has 1 fully saturated rings. The Hall–Kier alpha value is -4.26. The van der Waals surface area contributed by atoms with E-state index in [4.69, 9.17) is 34.8 Å². The van der Waals surface area contributed by atoms with Crippen molar-refractivity contribution in [1.29, 1.82) is 0 Å². The summed E-state index contributed by atoms with van der Waals surface area (Å²) in [6.45, 7) is -0.0999. The standard InChI is InChI=1S/C26H20Cl3N5O7/c27-18-6-4-15(11-19(18)28)25(38)32-8-9-33(26(39)16-5-7-21(29)30-13-16)24(32)23(37)31-20(12-22(35)36)14-2-1-3-17(10-14)34(40)41/h1-7,10-11,13,20,24H,8-9,12H2,(H,31,37)(H,35,36). The number of carbonyl (C=O) groups is 4. The highest BCUT2D eigenvalue weighted by atomic mass is 35.5. The van der Waals surface area contributed by atoms with Crippen LogP contribution in [0.3, 0.4) is 0 Å². The van der Waals surface area contributed by atoms with Gasteiger partial charge in [-0.25, -0.2) is 4.98 Å². The Balaban J connectivity index is 1.71. The Labute approximate surface area is 247 Å². The number of aromatic nitrogens is 1. The van der Waals surface area contributed by atoms with Gasteiger partial charge in [0.2, 0.25) is 0 Å². The first-order valence-corrected chi connectivity index (χ1v) is 13.0. The van der Waals surface area contributed by atoms with Crippen LogP contribution >= 0.6 is 34.8 Å². The summed E-state index contributed by atoms with van der Waals surface area (Å²) in [5.74, 6) is -3.46. The summed E-state index contributed by atoms with van der Waals surface area (Å²) in [7, 11) is 0. The van der Waals surface area contributed by atoms with Crippen LogP contribution in [0.4, 0.5) is 5.69 Å². The van der Waals surface area contributed by atoms with Crippen LogP contribution in [0.25, 0.3) is 0 Å². The zero-order valence-electron chi connectivity index (χ0n) is 20.9. The Morgan fingerprint density at radius 2 is 1.63 bits per heavy atom. The summed E-state index contributed by atoms with van der Waals surface area (Å²) in [5, 5.41) is 23.8. The van der Waals surface area contributed by atoms with E-state index in [1.54, 1.807) is 0 Å². The number of non-ortho nitro benzene ring substituents is 1. The summed E-state index contributed by atoms with van der Waals surface area (Å²) < 4.78 is 0. The molecule has 4 rings (SSSR count). The number of halogens is 3. The molecule has 1 aliphatic rings. The number of aliphatic carboxylic acids is 1. The SMILES string of the molecule is O=C(O)CC(NC(=O)C1N(C(=O)c2ccc(Cl)nc2)CCN1C(=O)c1ccc(Cl)c(Cl)c1)c1cccc([N+](=O)[O-])c1. The number of nitrogens with zero attached hydrogens (tertiary/aromatic N) is 4. The predicted molar refractivity (Wildman–Crippen MR) is 148 cm³/mol. The number of amides is 3. The van der Waals surface area contributed by atoms with Crippen LogP contribution in [0, 0.1) is 10.1 Å². The quantitative estimate of drug-likeness (QED) is 0.215. The van der Waals surface area contributed by atoms with Gasteiger partial charge in [-0.15, -0.1) is 0 Å². The summed E-state index contributed by atoms with van der Waals surface area (Å²) >= 11 is 17.9. The van der Waals surface area contributed by atoms with Crippen LogP contribution in [0.1, 0.15) is 38.7 Å². The Bertz CT molecular complexity index is 1540. The van der Waals surface area contributed by atoms with Crippen LogP contribution in [0.2, 0.25) is 15.2 Å². The van der Waals surface area contributed by atoms with Crippen LogP contribution in [-0.4, -0.2) is 67.8 Å². The highest BCUT2D eigenvalue weighted by Gasteiger charge is 2.44. The van der Waals surface area contributed by atoms with Gasteiger partial charge in [0.15, 0.2) is 6.17 Å². The number of benzene rings is 2. The van der Waals surface area contributed by atoms with Crippen molar-refractivity contribution < 1.29 is 29.2 Å². The molecule has 0 saturated carbocycles. The second-order valence-electron chi connectivity index (χ2n) is 8.88. The first-order valence-electron chi connectivity index (χ1n) is 11.9. The van der Waals surface area contributed by atoms with E-state index in [2.05, 4.69) is 10.3 Å². The number of rotatable bonds is 8. The van der Waals surface area contributed by atoms with E-state index in [0.717, 1.165) is 15.9 Å². The van der Waals surface area contributed by atoms with Crippen molar-refractivity contribution in [2.75, 3.05) is 13.1 Å². The molecule has 2 aromatic carbocycles. The number of nitrogens with one attached hydrogen (secondary N) is 1. The van der Waals surface area contributed by atoms with Gasteiger partial charge in [-0.2, -0.15) is 0 Å². The lowest BCUT2D eigenvalue weighted by molar-refractivity contribution is -0.384. The lowest BCUT2D eigenvalue weighted by Gasteiger charge is -2.31. The molecule has 15 heteroatoms. The van der Waals surface area contributed by atoms with Gasteiger partial charge in [-0.3, -0.25) is 29.3 Å². The molecule has 3 aromatic rings. The average molecular weight is 621 g/mol. The van der Waals surface area contributed by atoms with Crippen molar-refractivity contribution in [1.82, 2.24) is 20.1 Å². The van der Waals surface area contributed by atoms with E-state index >= 15 is 0 Å². The van der Waals surface area contributed by atoms with E-state index in [-0.39, 0.29) is 50.7 Å². The maximum atomic E-state index is 13.8. The summed E-state index contributed by atoms with van der Waals surface area (Å²) in [5.41, 5.74) is 0.0313. The monoisotopic (exact) mass is 619 g/mol. The van der Waals surface area contributed by atoms with Gasteiger partial charge in [-0.1, -0.05) is 46.9 Å². The van der Waals surface area contributed by atoms with E-state index in [0.29, 0.717) is 0 Å². The molecule has 1 aromatic heterocycles. The zero-order valence-corrected chi connectivity index (χ0v) is 23.1. The van der Waals surface area contributed by atoms with Gasteiger partial charge in [0.25, 0.3) is 23.4 Å². The Morgan fingerprint density at radius 1 is 0.976 bits per heavy atom. The highest BCUT2D eigenvalue weighted by molar-refractivity contribution is 6.42. The first kappa shape index (κ1) is 29.7. The summed E-state index contributed by atoms with van der Waals surface area (Å²) in [6, 6.07) is 10.9. The largest absolute Gasteiger partial charge is 0.481 e. The number of hydrogen-bond acceptors (Lipinski definition) is 7. The molecule has 1 aliphatic heterocycles. The molecule has 212 valence electrons. The first-order chi connectivity index (χ1) is 19.5. The van der Waals surface area contributed by atoms with Gasteiger partial charge < -0.3 is 20.2 Å². The van der Waals surface area contributed by atoms with E-state index in [1.165, 1.54) is 54.7 Å². The molecule has 12 nitrogen and oxygen atoms in total. The maximum absolute atomic E-state index is 13.8. The van der Waals surface area contributed by atoms with Crippen molar-refractivity contribution in [3.05, 3.63) is 103 Å². The van der Waals surface area contributed by atoms with Crippen LogP contribution < -0.4 is 5.32 Å². The number of pyridine rings is 1. The summed E-state index contributed by atoms with van der Waals surface area (Å²) in [4.78, 5) is 69.2. The molecule has 41 heavy (non-hydrogen) atoms. The third kappa shape index (κ3) is 6.73. The van der Waals surface area contributed by atoms with Crippen LogP contribution in [0.15, 0.2) is 60.8 Å². The van der Waals surface area contributed by atoms with Crippen LogP contribution in [0.5, 0.6) is 0 Å². The number of hydrogen-bond donors (Lipinski definition) is 2. The minimum Gasteiger partial charge on any atom is -0.481 e. The number of nitro benzene ring substituents is 1. The normalized spacial score (nSPS) is 15.3. The summed E-state index contributed by atoms with van der Waals surface area (Å²) in [6.07, 6.45) is -0.926. The molecule has 0 radical (unpaired) electrons. The Morgan fingerprint density at radius 3 is 2.22 bits per heavy atom. The fraction of sp³-hybridized carbons (Fsp3) is 0.192. The van der Waals surface area contributed by atoms with Crippen LogP contribution in [-0.2, 0) is 9.59 Å². The van der Waals surface area contributed by atoms with Crippen molar-refractivity contribution >= 4 is 64.2 Å². The van der Waals surface area contributed by atoms with Crippen molar-refractivity contribution in [3.63, 3.8) is 0 Å². The molecular formula is C26H20Cl3N5O7. The fourth-order valence-corrected chi connectivity index (χ4v) is 4.74. The molecule has 1 saturated heterocycles. The minimum atomic E-state index is -1.52. The minimum absolute atomic E-state index is 0.0486. The van der Waals surface area contributed by atoms with Gasteiger partial charge in [0, 0.05) is 37.0 Å². The lowest BCUT2D eigenvalue weighted by atomic mass is 10.0. The second-order valence-corrected chi connectivity index (χ2v) is 10.1. The van der Waals surface area contributed by atoms with E-state index in [9.17, 15) is 34.4 Å². The smallest absolute Gasteiger partial charge is 0.305 e. The number of carboxylic acid groups (broad SMARTS) is 1. The highest BCUT2D eigenvalue weighted by Crippen LogP contribution is 2.28. The molecule has 2 unspecified atom stereocenters. The second kappa shape index (κ2) is 12.5. The zero-order chi connectivity index (χ0) is 29.8. The third-order valence-corrected chi connectivity index (χ3v) is 7.21. The predicted octanol–water partition coefficient (Wildman–Crippen LogP) is 4.21. The topological polar surface area (TPSA) is 163 Å². The van der Waals surface area contributed by atoms with Crippen molar-refractivity contribution in [2.45, 2.75) is 18.6 Å². The fourth-order valence-electron chi connectivity index (χ4n) is 4.33. The third-order valence-electron chi connectivity index (χ3n) is 6.25. The number of carbonyl (C=O) groups excluding carboxylic acids is 3. The molecular weight excluding hydrogens is 601 g/mol. The van der Waals surface area contributed by atoms with Gasteiger partial charge in [-0.05, 0) is 35.9 Å².